The Labute approximate surface area is 138 Å². The molecule has 0 bridgehead atoms. The summed E-state index contributed by atoms with van der Waals surface area (Å²) in [7, 11) is -2.20. The maximum atomic E-state index is 12.7. The molecule has 0 saturated carbocycles. The third-order valence-corrected chi connectivity index (χ3v) is 6.65. The van der Waals surface area contributed by atoms with E-state index < -0.39 is 10.0 Å². The summed E-state index contributed by atoms with van der Waals surface area (Å²) in [5, 5.41) is -0.291. The van der Waals surface area contributed by atoms with Crippen molar-refractivity contribution in [2.75, 3.05) is 26.0 Å². The third-order valence-electron chi connectivity index (χ3n) is 3.95. The van der Waals surface area contributed by atoms with Crippen LogP contribution in [0.1, 0.15) is 6.42 Å². The number of benzene rings is 1. The van der Waals surface area contributed by atoms with Gasteiger partial charge in [-0.15, -0.1) is 0 Å². The maximum Gasteiger partial charge on any atom is 0.289 e. The number of rotatable bonds is 4. The van der Waals surface area contributed by atoms with Crippen LogP contribution in [0.5, 0.6) is 5.75 Å². The standard InChI is InChI=1S/C14H16N2O5S2/c1-21-11-3-2-4-12(7-11)23(19,20)15-6-5-10(8-15)16-13(17)9-22-14(16)18/h2-4,7,10H,5-6,8-9H2,1H3. The van der Waals surface area contributed by atoms with Crippen molar-refractivity contribution in [3.8, 4) is 5.75 Å². The molecule has 1 atom stereocenters. The average molecular weight is 356 g/mol. The molecule has 2 amide bonds. The summed E-state index contributed by atoms with van der Waals surface area (Å²) in [6.07, 6.45) is 0.460. The normalized spacial score (nSPS) is 22.8. The monoisotopic (exact) mass is 356 g/mol. The first-order chi connectivity index (χ1) is 10.9. The van der Waals surface area contributed by atoms with Crippen molar-refractivity contribution >= 4 is 32.9 Å². The number of imide groups is 1. The van der Waals surface area contributed by atoms with Gasteiger partial charge in [-0.25, -0.2) is 8.42 Å². The highest BCUT2D eigenvalue weighted by atomic mass is 32.2. The van der Waals surface area contributed by atoms with Crippen LogP contribution in [0, 0.1) is 0 Å². The van der Waals surface area contributed by atoms with Gasteiger partial charge in [-0.3, -0.25) is 14.5 Å². The van der Waals surface area contributed by atoms with Crippen LogP contribution < -0.4 is 4.74 Å². The molecule has 0 radical (unpaired) electrons. The average Bonchev–Trinajstić information content (AvgIpc) is 3.14. The van der Waals surface area contributed by atoms with Crippen LogP contribution in [0.3, 0.4) is 0 Å². The lowest BCUT2D eigenvalue weighted by Crippen LogP contribution is -2.41. The first-order valence-electron chi connectivity index (χ1n) is 7.06. The summed E-state index contributed by atoms with van der Waals surface area (Å²) in [5.74, 6) is 0.353. The van der Waals surface area contributed by atoms with Crippen LogP contribution in [0.15, 0.2) is 29.2 Å². The van der Waals surface area contributed by atoms with E-state index in [-0.39, 0.29) is 40.9 Å². The second-order valence-corrected chi connectivity index (χ2v) is 8.17. The molecule has 0 N–H and O–H groups in total. The van der Waals surface area contributed by atoms with Crippen LogP contribution >= 0.6 is 11.8 Å². The number of sulfonamides is 1. The minimum Gasteiger partial charge on any atom is -0.497 e. The molecule has 2 saturated heterocycles. The molecule has 124 valence electrons. The molecule has 0 aromatic heterocycles. The quantitative estimate of drug-likeness (QED) is 0.805. The van der Waals surface area contributed by atoms with Gasteiger partial charge in [-0.1, -0.05) is 17.8 Å². The van der Waals surface area contributed by atoms with Crippen molar-refractivity contribution < 1.29 is 22.7 Å². The number of carbonyl (C=O) groups is 2. The van der Waals surface area contributed by atoms with Crippen molar-refractivity contribution in [3.05, 3.63) is 24.3 Å². The van der Waals surface area contributed by atoms with E-state index in [1.165, 1.54) is 28.4 Å². The number of methoxy groups -OCH3 is 1. The minimum absolute atomic E-state index is 0.136. The Bertz CT molecular complexity index is 733. The summed E-state index contributed by atoms with van der Waals surface area (Å²) < 4.78 is 31.8. The molecule has 1 unspecified atom stereocenters. The van der Waals surface area contributed by atoms with E-state index in [0.29, 0.717) is 12.2 Å². The van der Waals surface area contributed by atoms with E-state index >= 15 is 0 Å². The first-order valence-corrected chi connectivity index (χ1v) is 9.49. The highest BCUT2D eigenvalue weighted by molar-refractivity contribution is 8.14. The molecule has 2 aliphatic heterocycles. The van der Waals surface area contributed by atoms with Gasteiger partial charge in [0.25, 0.3) is 5.24 Å². The van der Waals surface area contributed by atoms with Gasteiger partial charge in [0, 0.05) is 19.2 Å². The Morgan fingerprint density at radius 1 is 1.30 bits per heavy atom. The van der Waals surface area contributed by atoms with Gasteiger partial charge in [-0.2, -0.15) is 4.31 Å². The van der Waals surface area contributed by atoms with Gasteiger partial charge in [0.15, 0.2) is 0 Å². The molecule has 2 aliphatic rings. The van der Waals surface area contributed by atoms with Gasteiger partial charge < -0.3 is 4.74 Å². The summed E-state index contributed by atoms with van der Waals surface area (Å²) >= 11 is 0.963. The summed E-state index contributed by atoms with van der Waals surface area (Å²) in [5.41, 5.74) is 0. The smallest absolute Gasteiger partial charge is 0.289 e. The highest BCUT2D eigenvalue weighted by Gasteiger charge is 2.42. The number of hydrogen-bond acceptors (Lipinski definition) is 6. The van der Waals surface area contributed by atoms with Crippen molar-refractivity contribution in [1.82, 2.24) is 9.21 Å². The lowest BCUT2D eigenvalue weighted by molar-refractivity contribution is -0.126. The van der Waals surface area contributed by atoms with Crippen molar-refractivity contribution in [3.63, 3.8) is 0 Å². The predicted octanol–water partition coefficient (Wildman–Crippen LogP) is 1.15. The van der Waals surface area contributed by atoms with Gasteiger partial charge >= 0.3 is 0 Å². The number of carbonyl (C=O) groups excluding carboxylic acids is 2. The molecule has 1 aromatic carbocycles. The second-order valence-electron chi connectivity index (χ2n) is 5.30. The van der Waals surface area contributed by atoms with E-state index in [0.717, 1.165) is 11.8 Å². The molecular formula is C14H16N2O5S2. The topological polar surface area (TPSA) is 84.0 Å². The molecule has 23 heavy (non-hydrogen) atoms. The van der Waals surface area contributed by atoms with Crippen LogP contribution in [-0.2, 0) is 14.8 Å². The highest BCUT2D eigenvalue weighted by Crippen LogP contribution is 2.29. The number of ether oxygens (including phenoxy) is 1. The Kier molecular flexibility index (Phi) is 4.35. The van der Waals surface area contributed by atoms with Crippen LogP contribution in [0.2, 0.25) is 0 Å². The van der Waals surface area contributed by atoms with Crippen LogP contribution in [0.25, 0.3) is 0 Å². The zero-order valence-corrected chi connectivity index (χ0v) is 14.1. The molecule has 2 heterocycles. The molecule has 0 aliphatic carbocycles. The Morgan fingerprint density at radius 2 is 2.09 bits per heavy atom. The van der Waals surface area contributed by atoms with E-state index in [1.54, 1.807) is 12.1 Å². The Balaban J connectivity index is 1.80. The van der Waals surface area contributed by atoms with Crippen molar-refractivity contribution in [2.24, 2.45) is 0 Å². The fraction of sp³-hybridized carbons (Fsp3) is 0.429. The molecule has 2 fully saturated rings. The number of amides is 2. The van der Waals surface area contributed by atoms with E-state index in [2.05, 4.69) is 0 Å². The van der Waals surface area contributed by atoms with Gasteiger partial charge in [0.2, 0.25) is 15.9 Å². The maximum absolute atomic E-state index is 12.7. The fourth-order valence-corrected chi connectivity index (χ4v) is 5.07. The predicted molar refractivity (Wildman–Crippen MR) is 84.9 cm³/mol. The van der Waals surface area contributed by atoms with Crippen molar-refractivity contribution in [2.45, 2.75) is 17.4 Å². The van der Waals surface area contributed by atoms with Gasteiger partial charge in [0.1, 0.15) is 5.75 Å². The van der Waals surface area contributed by atoms with Gasteiger partial charge in [-0.05, 0) is 18.6 Å². The fourth-order valence-electron chi connectivity index (χ4n) is 2.77. The second kappa shape index (κ2) is 6.14. The molecule has 3 rings (SSSR count). The van der Waals surface area contributed by atoms with E-state index in [1.807, 2.05) is 0 Å². The molecule has 0 spiro atoms. The summed E-state index contributed by atoms with van der Waals surface area (Å²) in [6.45, 7) is 0.420. The van der Waals surface area contributed by atoms with E-state index in [4.69, 9.17) is 4.74 Å². The summed E-state index contributed by atoms with van der Waals surface area (Å²) in [6, 6.07) is 5.87. The van der Waals surface area contributed by atoms with E-state index in [9.17, 15) is 18.0 Å². The lowest BCUT2D eigenvalue weighted by atomic mass is 10.2. The van der Waals surface area contributed by atoms with Crippen LogP contribution in [0.4, 0.5) is 4.79 Å². The summed E-state index contributed by atoms with van der Waals surface area (Å²) in [4.78, 5) is 24.9. The largest absolute Gasteiger partial charge is 0.497 e. The Hall–Kier alpha value is -1.58. The first kappa shape index (κ1) is 16.3. The van der Waals surface area contributed by atoms with Crippen molar-refractivity contribution in [1.29, 1.82) is 0 Å². The SMILES string of the molecule is COc1cccc(S(=O)(=O)N2CCC(N3C(=O)CSC3=O)C2)c1. The molecule has 7 nitrogen and oxygen atoms in total. The third kappa shape index (κ3) is 2.96. The van der Waals surface area contributed by atoms with Gasteiger partial charge in [0.05, 0.1) is 23.8 Å². The molecule has 9 heteroatoms. The lowest BCUT2D eigenvalue weighted by Gasteiger charge is -2.21. The number of nitrogens with zero attached hydrogens (tertiary/aromatic N) is 2. The molecule has 1 aromatic rings. The number of thioether (sulfide) groups is 1. The Morgan fingerprint density at radius 3 is 2.74 bits per heavy atom. The minimum atomic E-state index is -3.67. The molecular weight excluding hydrogens is 340 g/mol. The zero-order chi connectivity index (χ0) is 16.6. The zero-order valence-electron chi connectivity index (χ0n) is 12.5. The van der Waals surface area contributed by atoms with Crippen LogP contribution in [-0.4, -0.2) is 60.8 Å². The number of hydrogen-bond donors (Lipinski definition) is 0.